The molecule has 0 radical (unpaired) electrons. The van der Waals surface area contributed by atoms with Gasteiger partial charge in [-0.05, 0) is 25.3 Å². The van der Waals surface area contributed by atoms with E-state index in [4.69, 9.17) is 4.74 Å². The molecule has 4 nitrogen and oxygen atoms in total. The molecule has 5 heteroatoms. The zero-order valence-electron chi connectivity index (χ0n) is 8.65. The Bertz CT molecular complexity index is 332. The minimum absolute atomic E-state index is 0.0536. The van der Waals surface area contributed by atoms with Crippen molar-refractivity contribution in [2.45, 2.75) is 19.9 Å². The van der Waals surface area contributed by atoms with Crippen molar-refractivity contribution in [2.24, 2.45) is 0 Å². The van der Waals surface area contributed by atoms with Crippen LogP contribution < -0.4 is 5.32 Å². The molecule has 1 aromatic rings. The van der Waals surface area contributed by atoms with Crippen LogP contribution in [0.15, 0.2) is 17.5 Å². The number of esters is 1. The molecular weight excluding hydrogens is 214 g/mol. The third-order valence-electron chi connectivity index (χ3n) is 1.51. The summed E-state index contributed by atoms with van der Waals surface area (Å²) in [6.07, 6.45) is 0. The van der Waals surface area contributed by atoms with Crippen LogP contribution in [0.1, 0.15) is 23.5 Å². The molecular formula is C10H13NO3S. The molecule has 0 aliphatic carbocycles. The van der Waals surface area contributed by atoms with E-state index >= 15 is 0 Å². The van der Waals surface area contributed by atoms with E-state index in [1.54, 1.807) is 17.5 Å². The van der Waals surface area contributed by atoms with Crippen LogP contribution in [0.3, 0.4) is 0 Å². The molecule has 0 aliphatic rings. The lowest BCUT2D eigenvalue weighted by molar-refractivity contribution is -0.124. The zero-order chi connectivity index (χ0) is 11.3. The fraction of sp³-hybridized carbons (Fsp3) is 0.400. The predicted molar refractivity (Wildman–Crippen MR) is 57.9 cm³/mol. The van der Waals surface area contributed by atoms with Crippen LogP contribution in [-0.4, -0.2) is 24.5 Å². The molecule has 1 aromatic heterocycles. The van der Waals surface area contributed by atoms with Gasteiger partial charge in [-0.25, -0.2) is 4.79 Å². The molecule has 0 saturated carbocycles. The normalized spacial score (nSPS) is 10.1. The molecule has 15 heavy (non-hydrogen) atoms. The van der Waals surface area contributed by atoms with E-state index in [1.165, 1.54) is 11.3 Å². The SMILES string of the molecule is CC(C)NC(=O)COC(=O)c1cccs1. The summed E-state index contributed by atoms with van der Waals surface area (Å²) >= 11 is 1.29. The van der Waals surface area contributed by atoms with E-state index in [1.807, 2.05) is 13.8 Å². The molecule has 0 atom stereocenters. The van der Waals surface area contributed by atoms with Gasteiger partial charge in [0.15, 0.2) is 6.61 Å². The van der Waals surface area contributed by atoms with Crippen molar-refractivity contribution in [3.05, 3.63) is 22.4 Å². The molecule has 0 fully saturated rings. The van der Waals surface area contributed by atoms with E-state index in [0.29, 0.717) is 4.88 Å². The Balaban J connectivity index is 2.32. The molecule has 82 valence electrons. The van der Waals surface area contributed by atoms with Crippen LogP contribution in [0.2, 0.25) is 0 Å². The van der Waals surface area contributed by atoms with Gasteiger partial charge in [-0.2, -0.15) is 0 Å². The van der Waals surface area contributed by atoms with Gasteiger partial charge in [0.1, 0.15) is 4.88 Å². The van der Waals surface area contributed by atoms with Gasteiger partial charge in [0.2, 0.25) is 0 Å². The van der Waals surface area contributed by atoms with Gasteiger partial charge in [-0.3, -0.25) is 4.79 Å². The number of nitrogens with one attached hydrogen (secondary N) is 1. The van der Waals surface area contributed by atoms with Crippen molar-refractivity contribution in [3.8, 4) is 0 Å². The number of carbonyl (C=O) groups excluding carboxylic acids is 2. The number of thiophene rings is 1. The second-order valence-electron chi connectivity index (χ2n) is 3.28. The topological polar surface area (TPSA) is 55.4 Å². The van der Waals surface area contributed by atoms with Crippen molar-refractivity contribution in [1.29, 1.82) is 0 Å². The average Bonchev–Trinajstić information content (AvgIpc) is 2.65. The first-order chi connectivity index (χ1) is 7.09. The van der Waals surface area contributed by atoms with Gasteiger partial charge >= 0.3 is 5.97 Å². The summed E-state index contributed by atoms with van der Waals surface area (Å²) in [5, 5.41) is 4.41. The Morgan fingerprint density at radius 1 is 1.53 bits per heavy atom. The van der Waals surface area contributed by atoms with E-state index in [-0.39, 0.29) is 18.6 Å². The Labute approximate surface area is 92.2 Å². The van der Waals surface area contributed by atoms with Gasteiger partial charge in [0.05, 0.1) is 0 Å². The highest BCUT2D eigenvalue weighted by Gasteiger charge is 2.10. The van der Waals surface area contributed by atoms with Gasteiger partial charge in [-0.15, -0.1) is 11.3 Å². The summed E-state index contributed by atoms with van der Waals surface area (Å²) in [6.45, 7) is 3.47. The summed E-state index contributed by atoms with van der Waals surface area (Å²) < 4.78 is 4.81. The zero-order valence-corrected chi connectivity index (χ0v) is 9.47. The average molecular weight is 227 g/mol. The summed E-state index contributed by atoms with van der Waals surface area (Å²) in [4.78, 5) is 23.0. The highest BCUT2D eigenvalue weighted by atomic mass is 32.1. The van der Waals surface area contributed by atoms with E-state index < -0.39 is 5.97 Å². The second-order valence-corrected chi connectivity index (χ2v) is 4.22. The van der Waals surface area contributed by atoms with Crippen molar-refractivity contribution >= 4 is 23.2 Å². The third kappa shape index (κ3) is 4.12. The summed E-state index contributed by atoms with van der Waals surface area (Å²) in [6, 6.07) is 3.47. The Hall–Kier alpha value is -1.36. The minimum atomic E-state index is -0.455. The fourth-order valence-corrected chi connectivity index (χ4v) is 1.58. The maximum absolute atomic E-state index is 11.3. The van der Waals surface area contributed by atoms with Crippen LogP contribution >= 0.6 is 11.3 Å². The van der Waals surface area contributed by atoms with Gasteiger partial charge in [-0.1, -0.05) is 6.07 Å². The number of hydrogen-bond donors (Lipinski definition) is 1. The van der Waals surface area contributed by atoms with Gasteiger partial charge in [0, 0.05) is 6.04 Å². The highest BCUT2D eigenvalue weighted by Crippen LogP contribution is 2.09. The molecule has 0 saturated heterocycles. The summed E-state index contributed by atoms with van der Waals surface area (Å²) in [5.41, 5.74) is 0. The van der Waals surface area contributed by atoms with Crippen molar-refractivity contribution in [2.75, 3.05) is 6.61 Å². The number of carbonyl (C=O) groups is 2. The molecule has 0 bridgehead atoms. The molecule has 1 amide bonds. The molecule has 1 heterocycles. The fourth-order valence-electron chi connectivity index (χ4n) is 0.961. The maximum atomic E-state index is 11.3. The van der Waals surface area contributed by atoms with Crippen LogP contribution in [-0.2, 0) is 9.53 Å². The highest BCUT2D eigenvalue weighted by molar-refractivity contribution is 7.11. The van der Waals surface area contributed by atoms with Crippen LogP contribution in [0, 0.1) is 0 Å². The first kappa shape index (κ1) is 11.7. The lowest BCUT2D eigenvalue weighted by atomic mass is 10.4. The van der Waals surface area contributed by atoms with E-state index in [0.717, 1.165) is 0 Å². The lowest BCUT2D eigenvalue weighted by Gasteiger charge is -2.07. The van der Waals surface area contributed by atoms with Gasteiger partial charge in [0.25, 0.3) is 5.91 Å². The number of rotatable bonds is 4. The number of ether oxygens (including phenoxy) is 1. The summed E-state index contributed by atoms with van der Waals surface area (Å²) in [5.74, 6) is -0.737. The van der Waals surface area contributed by atoms with Crippen LogP contribution in [0.5, 0.6) is 0 Å². The number of hydrogen-bond acceptors (Lipinski definition) is 4. The molecule has 0 spiro atoms. The predicted octanol–water partition coefficient (Wildman–Crippen LogP) is 1.43. The standard InChI is InChI=1S/C10H13NO3S/c1-7(2)11-9(12)6-14-10(13)8-4-3-5-15-8/h3-5,7H,6H2,1-2H3,(H,11,12). The maximum Gasteiger partial charge on any atom is 0.348 e. The lowest BCUT2D eigenvalue weighted by Crippen LogP contribution is -2.33. The monoisotopic (exact) mass is 227 g/mol. The van der Waals surface area contributed by atoms with E-state index in [2.05, 4.69) is 5.32 Å². The quantitative estimate of drug-likeness (QED) is 0.792. The molecule has 0 unspecified atom stereocenters. The largest absolute Gasteiger partial charge is 0.451 e. The molecule has 0 aliphatic heterocycles. The Morgan fingerprint density at radius 3 is 2.80 bits per heavy atom. The van der Waals surface area contributed by atoms with Crippen molar-refractivity contribution < 1.29 is 14.3 Å². The molecule has 0 aromatic carbocycles. The Morgan fingerprint density at radius 2 is 2.27 bits per heavy atom. The van der Waals surface area contributed by atoms with Crippen molar-refractivity contribution in [1.82, 2.24) is 5.32 Å². The van der Waals surface area contributed by atoms with Crippen LogP contribution in [0.4, 0.5) is 0 Å². The minimum Gasteiger partial charge on any atom is -0.451 e. The number of amides is 1. The summed E-state index contributed by atoms with van der Waals surface area (Å²) in [7, 11) is 0. The third-order valence-corrected chi connectivity index (χ3v) is 2.36. The van der Waals surface area contributed by atoms with Crippen LogP contribution in [0.25, 0.3) is 0 Å². The van der Waals surface area contributed by atoms with Gasteiger partial charge < -0.3 is 10.1 Å². The Kier molecular flexibility index (Phi) is 4.30. The van der Waals surface area contributed by atoms with E-state index in [9.17, 15) is 9.59 Å². The second kappa shape index (κ2) is 5.50. The van der Waals surface area contributed by atoms with Crippen molar-refractivity contribution in [3.63, 3.8) is 0 Å². The first-order valence-corrected chi connectivity index (χ1v) is 5.47. The first-order valence-electron chi connectivity index (χ1n) is 4.59. The molecule has 1 N–H and O–H groups in total. The molecule has 1 rings (SSSR count). The smallest absolute Gasteiger partial charge is 0.348 e.